The highest BCUT2D eigenvalue weighted by Crippen LogP contribution is 2.47. The molecule has 0 saturated carbocycles. The molecule has 192 valence electrons. The second kappa shape index (κ2) is 11.2. The van der Waals surface area contributed by atoms with Gasteiger partial charge in [-0.3, -0.25) is 14.5 Å². The van der Waals surface area contributed by atoms with E-state index < -0.39 is 5.92 Å². The molecule has 1 unspecified atom stereocenters. The molecule has 5 rings (SSSR count). The lowest BCUT2D eigenvalue weighted by Gasteiger charge is -2.38. The highest BCUT2D eigenvalue weighted by Gasteiger charge is 2.41. The molecule has 1 aromatic heterocycles. The maximum Gasteiger partial charge on any atom is 0.234 e. The molecule has 0 radical (unpaired) electrons. The summed E-state index contributed by atoms with van der Waals surface area (Å²) >= 11 is 14.7. The predicted molar refractivity (Wildman–Crippen MR) is 150 cm³/mol. The quantitative estimate of drug-likeness (QED) is 0.345. The van der Waals surface area contributed by atoms with E-state index in [1.54, 1.807) is 47.4 Å². The van der Waals surface area contributed by atoms with Crippen LogP contribution in [0.5, 0.6) is 0 Å². The van der Waals surface area contributed by atoms with Crippen LogP contribution >= 0.6 is 46.3 Å². The first-order chi connectivity index (χ1) is 18.4. The molecule has 12 heteroatoms. The van der Waals surface area contributed by atoms with E-state index in [2.05, 4.69) is 21.6 Å². The van der Waals surface area contributed by atoms with E-state index in [1.165, 1.54) is 23.1 Å². The van der Waals surface area contributed by atoms with Gasteiger partial charge in [-0.1, -0.05) is 64.5 Å². The molecular weight excluding hydrogens is 563 g/mol. The summed E-state index contributed by atoms with van der Waals surface area (Å²) in [5.74, 6) is -0.533. The maximum atomic E-state index is 13.2. The molecule has 1 aliphatic heterocycles. The number of hydrogen-bond donors (Lipinski definition) is 2. The number of hydrogen-bond acceptors (Lipinski definition) is 9. The van der Waals surface area contributed by atoms with Crippen LogP contribution in [0.15, 0.2) is 75.5 Å². The minimum atomic E-state index is -0.602. The van der Waals surface area contributed by atoms with Gasteiger partial charge >= 0.3 is 0 Å². The molecule has 1 aliphatic carbocycles. The molecular formula is C26H20Cl2N6O2S2. The number of nitrogens with zero attached hydrogens (tertiary/aromatic N) is 4. The van der Waals surface area contributed by atoms with E-state index in [-0.39, 0.29) is 28.8 Å². The van der Waals surface area contributed by atoms with Crippen LogP contribution in [0, 0.1) is 11.3 Å². The van der Waals surface area contributed by atoms with Gasteiger partial charge in [0.05, 0.1) is 23.3 Å². The van der Waals surface area contributed by atoms with Crippen molar-refractivity contribution in [1.29, 1.82) is 5.26 Å². The zero-order valence-electron chi connectivity index (χ0n) is 19.8. The van der Waals surface area contributed by atoms with Crippen LogP contribution in [-0.2, 0) is 9.59 Å². The van der Waals surface area contributed by atoms with Crippen LogP contribution in [0.3, 0.4) is 0 Å². The van der Waals surface area contributed by atoms with Crippen molar-refractivity contribution >= 4 is 68.8 Å². The number of amides is 1. The fourth-order valence-corrected chi connectivity index (χ4v) is 6.64. The zero-order chi connectivity index (χ0) is 26.8. The molecule has 1 atom stereocenters. The number of anilines is 2. The average molecular weight is 584 g/mol. The second-order valence-corrected chi connectivity index (χ2v) is 11.6. The average Bonchev–Trinajstić information content (AvgIpc) is 3.35. The molecule has 38 heavy (non-hydrogen) atoms. The van der Waals surface area contributed by atoms with Crippen molar-refractivity contribution in [2.24, 2.45) is 5.73 Å². The van der Waals surface area contributed by atoms with Gasteiger partial charge in [0.25, 0.3) is 0 Å². The van der Waals surface area contributed by atoms with Crippen molar-refractivity contribution in [2.75, 3.05) is 16.0 Å². The summed E-state index contributed by atoms with van der Waals surface area (Å²) in [7, 11) is 0. The smallest absolute Gasteiger partial charge is 0.234 e. The number of benzene rings is 2. The third kappa shape index (κ3) is 5.28. The van der Waals surface area contributed by atoms with E-state index in [4.69, 9.17) is 28.9 Å². The monoisotopic (exact) mass is 582 g/mol. The number of nitrogens with one attached hydrogen (secondary N) is 1. The fraction of sp³-hybridized carbons (Fsp3) is 0.192. The summed E-state index contributed by atoms with van der Waals surface area (Å²) in [5.41, 5.74) is 9.42. The Bertz CT molecular complexity index is 1540. The fourth-order valence-electron chi connectivity index (χ4n) is 4.57. The first kappa shape index (κ1) is 26.3. The lowest BCUT2D eigenvalue weighted by Crippen LogP contribution is -2.38. The van der Waals surface area contributed by atoms with Crippen LogP contribution in [0.1, 0.15) is 30.7 Å². The molecule has 3 N–H and O–H groups in total. The highest BCUT2D eigenvalue weighted by molar-refractivity contribution is 8.01. The van der Waals surface area contributed by atoms with Crippen LogP contribution in [0.25, 0.3) is 0 Å². The van der Waals surface area contributed by atoms with E-state index in [9.17, 15) is 14.9 Å². The lowest BCUT2D eigenvalue weighted by molar-refractivity contribution is -0.116. The molecule has 2 aromatic carbocycles. The van der Waals surface area contributed by atoms with E-state index >= 15 is 0 Å². The standard InChI is InChI=1S/C26H20Cl2N6O2S2/c27-15-5-1-4-14(10-15)22-18(12-29)24(30)34(19-8-3-9-20(35)23(19)22)25-32-33-26(38-25)37-13-21(36)31-17-7-2-6-16(28)11-17/h1-2,4-7,10-11,22H,3,8-9,13,30H2,(H,31,36). The van der Waals surface area contributed by atoms with E-state index in [1.807, 2.05) is 6.07 Å². The summed E-state index contributed by atoms with van der Waals surface area (Å²) < 4.78 is 0.550. The Morgan fingerprint density at radius 3 is 2.68 bits per heavy atom. The summed E-state index contributed by atoms with van der Waals surface area (Å²) in [6.07, 6.45) is 1.65. The number of rotatable bonds is 6. The minimum Gasteiger partial charge on any atom is -0.384 e. The van der Waals surface area contributed by atoms with Crippen molar-refractivity contribution in [3.05, 3.63) is 86.8 Å². The number of carbonyl (C=O) groups excluding carboxylic acids is 2. The Balaban J connectivity index is 1.42. The number of nitriles is 1. The summed E-state index contributed by atoms with van der Waals surface area (Å²) in [5, 5.41) is 22.9. The minimum absolute atomic E-state index is 0.0294. The first-order valence-corrected chi connectivity index (χ1v) is 14.1. The SMILES string of the molecule is N#CC1=C(N)N(c2nnc(SCC(=O)Nc3cccc(Cl)c3)s2)C2=C(C(=O)CCC2)C1c1cccc(Cl)c1. The Morgan fingerprint density at radius 1 is 1.18 bits per heavy atom. The molecule has 0 fully saturated rings. The van der Waals surface area contributed by atoms with Crippen molar-refractivity contribution < 1.29 is 9.59 Å². The lowest BCUT2D eigenvalue weighted by atomic mass is 9.76. The highest BCUT2D eigenvalue weighted by atomic mass is 35.5. The molecule has 8 nitrogen and oxygen atoms in total. The van der Waals surface area contributed by atoms with Crippen LogP contribution in [0.4, 0.5) is 10.8 Å². The summed E-state index contributed by atoms with van der Waals surface area (Å²) in [6, 6.07) is 16.3. The third-order valence-electron chi connectivity index (χ3n) is 6.12. The first-order valence-electron chi connectivity index (χ1n) is 11.6. The number of Topliss-reactive ketones (excluding diaryl/α,β-unsaturated/α-hetero) is 1. The van der Waals surface area contributed by atoms with Gasteiger partial charge in [0.2, 0.25) is 11.0 Å². The Morgan fingerprint density at radius 2 is 1.95 bits per heavy atom. The molecule has 3 aromatic rings. The van der Waals surface area contributed by atoms with Gasteiger partial charge in [-0.2, -0.15) is 5.26 Å². The van der Waals surface area contributed by atoms with Crippen LogP contribution in [-0.4, -0.2) is 27.6 Å². The van der Waals surface area contributed by atoms with E-state index in [0.29, 0.717) is 55.7 Å². The van der Waals surface area contributed by atoms with E-state index in [0.717, 1.165) is 5.56 Å². The predicted octanol–water partition coefficient (Wildman–Crippen LogP) is 5.88. The van der Waals surface area contributed by atoms with Gasteiger partial charge in [0, 0.05) is 33.4 Å². The van der Waals surface area contributed by atoms with Gasteiger partial charge in [-0.15, -0.1) is 10.2 Å². The number of nitrogens with two attached hydrogens (primary N) is 1. The van der Waals surface area contributed by atoms with Crippen molar-refractivity contribution in [1.82, 2.24) is 10.2 Å². The largest absolute Gasteiger partial charge is 0.384 e. The molecule has 0 saturated heterocycles. The Hall–Kier alpha value is -3.36. The molecule has 0 spiro atoms. The molecule has 2 heterocycles. The van der Waals surface area contributed by atoms with Gasteiger partial charge in [-0.25, -0.2) is 0 Å². The van der Waals surface area contributed by atoms with Gasteiger partial charge in [0.15, 0.2) is 10.1 Å². The second-order valence-electron chi connectivity index (χ2n) is 8.57. The number of aromatic nitrogens is 2. The molecule has 1 amide bonds. The summed E-state index contributed by atoms with van der Waals surface area (Å²) in [4.78, 5) is 27.3. The Kier molecular flexibility index (Phi) is 7.72. The number of halogens is 2. The Labute approximate surface area is 237 Å². The van der Waals surface area contributed by atoms with Gasteiger partial charge in [0.1, 0.15) is 5.82 Å². The molecule has 0 bridgehead atoms. The van der Waals surface area contributed by atoms with Crippen LogP contribution < -0.4 is 16.0 Å². The number of thioether (sulfide) groups is 1. The third-order valence-corrected chi connectivity index (χ3v) is 8.63. The molecule has 2 aliphatic rings. The summed E-state index contributed by atoms with van der Waals surface area (Å²) in [6.45, 7) is 0. The topological polar surface area (TPSA) is 125 Å². The normalized spacial score (nSPS) is 17.3. The zero-order valence-corrected chi connectivity index (χ0v) is 22.9. The van der Waals surface area contributed by atoms with Crippen molar-refractivity contribution in [3.8, 4) is 6.07 Å². The number of allylic oxidation sites excluding steroid dienone is 3. The van der Waals surface area contributed by atoms with Crippen molar-refractivity contribution in [3.63, 3.8) is 0 Å². The van der Waals surface area contributed by atoms with Crippen molar-refractivity contribution in [2.45, 2.75) is 29.5 Å². The van der Waals surface area contributed by atoms with Gasteiger partial charge < -0.3 is 11.1 Å². The van der Waals surface area contributed by atoms with Gasteiger partial charge in [-0.05, 0) is 48.7 Å². The van der Waals surface area contributed by atoms with Crippen LogP contribution in [0.2, 0.25) is 10.0 Å². The maximum absolute atomic E-state index is 13.2. The number of ketones is 1. The number of carbonyl (C=O) groups is 2.